The summed E-state index contributed by atoms with van der Waals surface area (Å²) in [7, 11) is 2.04. The molecule has 0 saturated carbocycles. The van der Waals surface area contributed by atoms with E-state index < -0.39 is 5.97 Å². The molecule has 0 unspecified atom stereocenters. The van der Waals surface area contributed by atoms with E-state index >= 15 is 0 Å². The number of carboxylic acid groups (broad SMARTS) is 1. The predicted octanol–water partition coefficient (Wildman–Crippen LogP) is 1.91. The summed E-state index contributed by atoms with van der Waals surface area (Å²) in [5, 5.41) is 17.6. The quantitative estimate of drug-likeness (QED) is 0.670. The van der Waals surface area contributed by atoms with Crippen molar-refractivity contribution < 1.29 is 15.0 Å². The van der Waals surface area contributed by atoms with Crippen LogP contribution in [0.5, 0.6) is 0 Å². The Morgan fingerprint density at radius 2 is 1.84 bits per heavy atom. The smallest absolute Gasteiger partial charge is 0.307 e. The van der Waals surface area contributed by atoms with Crippen LogP contribution in [-0.4, -0.2) is 41.3 Å². The van der Waals surface area contributed by atoms with Crippen molar-refractivity contribution in [3.63, 3.8) is 0 Å². The fourth-order valence-electron chi connectivity index (χ4n) is 2.09. The molecule has 0 amide bonds. The zero-order chi connectivity index (χ0) is 14.1. The van der Waals surface area contributed by atoms with Crippen LogP contribution in [0.4, 0.5) is 0 Å². The van der Waals surface area contributed by atoms with Crippen LogP contribution in [0.1, 0.15) is 30.4 Å². The molecule has 0 spiro atoms. The Hall–Kier alpha value is -1.39. The second kappa shape index (κ2) is 8.67. The van der Waals surface area contributed by atoms with E-state index in [2.05, 4.69) is 4.90 Å². The van der Waals surface area contributed by atoms with Gasteiger partial charge in [0.25, 0.3) is 0 Å². The van der Waals surface area contributed by atoms with E-state index in [1.807, 2.05) is 31.3 Å². The highest BCUT2D eigenvalue weighted by atomic mass is 16.4. The molecule has 0 aromatic heterocycles. The first-order chi connectivity index (χ1) is 9.13. The Labute approximate surface area is 114 Å². The number of hydrogen-bond acceptors (Lipinski definition) is 3. The third-order valence-electron chi connectivity index (χ3n) is 3.10. The Kier molecular flexibility index (Phi) is 7.15. The van der Waals surface area contributed by atoms with E-state index in [4.69, 9.17) is 10.2 Å². The number of unbranched alkanes of at least 4 members (excludes halogenated alkanes) is 2. The van der Waals surface area contributed by atoms with Gasteiger partial charge in [0.1, 0.15) is 0 Å². The van der Waals surface area contributed by atoms with Crippen molar-refractivity contribution in [1.82, 2.24) is 4.90 Å². The van der Waals surface area contributed by atoms with Crippen LogP contribution in [-0.2, 0) is 17.8 Å². The van der Waals surface area contributed by atoms with E-state index in [0.29, 0.717) is 0 Å². The topological polar surface area (TPSA) is 60.8 Å². The molecule has 106 valence electrons. The van der Waals surface area contributed by atoms with Crippen molar-refractivity contribution in [3.05, 3.63) is 35.4 Å². The number of hydrogen-bond donors (Lipinski definition) is 2. The largest absolute Gasteiger partial charge is 0.481 e. The van der Waals surface area contributed by atoms with Crippen LogP contribution < -0.4 is 0 Å². The Balaban J connectivity index is 2.48. The number of rotatable bonds is 9. The van der Waals surface area contributed by atoms with Crippen molar-refractivity contribution in [1.29, 1.82) is 0 Å². The number of aliphatic carboxylic acids is 1. The summed E-state index contributed by atoms with van der Waals surface area (Å²) in [5.41, 5.74) is 1.96. The van der Waals surface area contributed by atoms with Gasteiger partial charge in [-0.1, -0.05) is 24.3 Å². The van der Waals surface area contributed by atoms with Crippen LogP contribution in [0.2, 0.25) is 0 Å². The third kappa shape index (κ3) is 6.36. The molecule has 0 aliphatic rings. The molecule has 0 heterocycles. The normalized spacial score (nSPS) is 10.9. The Morgan fingerprint density at radius 1 is 1.16 bits per heavy atom. The van der Waals surface area contributed by atoms with Gasteiger partial charge >= 0.3 is 5.97 Å². The summed E-state index contributed by atoms with van der Waals surface area (Å²) in [4.78, 5) is 13.0. The van der Waals surface area contributed by atoms with Gasteiger partial charge in [-0.05, 0) is 44.0 Å². The molecule has 1 rings (SSSR count). The predicted molar refractivity (Wildman–Crippen MR) is 75.1 cm³/mol. The molecule has 0 bridgehead atoms. The average Bonchev–Trinajstić information content (AvgIpc) is 2.36. The minimum atomic E-state index is -0.793. The first-order valence-corrected chi connectivity index (χ1v) is 6.71. The number of benzene rings is 1. The maximum atomic E-state index is 10.8. The van der Waals surface area contributed by atoms with Crippen molar-refractivity contribution >= 4 is 5.97 Å². The van der Waals surface area contributed by atoms with Crippen LogP contribution in [0.3, 0.4) is 0 Å². The number of aliphatic hydroxyl groups excluding tert-OH is 1. The van der Waals surface area contributed by atoms with Gasteiger partial charge in [-0.15, -0.1) is 0 Å². The van der Waals surface area contributed by atoms with Crippen molar-refractivity contribution in [3.8, 4) is 0 Å². The van der Waals surface area contributed by atoms with E-state index in [-0.39, 0.29) is 13.0 Å². The van der Waals surface area contributed by atoms with Crippen molar-refractivity contribution in [2.45, 2.75) is 32.2 Å². The highest BCUT2D eigenvalue weighted by Crippen LogP contribution is 2.12. The van der Waals surface area contributed by atoms with Crippen molar-refractivity contribution in [2.24, 2.45) is 0 Å². The summed E-state index contributed by atoms with van der Waals surface area (Å²) in [6, 6.07) is 7.69. The maximum absolute atomic E-state index is 10.8. The van der Waals surface area contributed by atoms with Gasteiger partial charge in [-0.25, -0.2) is 0 Å². The van der Waals surface area contributed by atoms with Gasteiger partial charge in [0.2, 0.25) is 0 Å². The van der Waals surface area contributed by atoms with Gasteiger partial charge < -0.3 is 15.1 Å². The van der Waals surface area contributed by atoms with E-state index in [9.17, 15) is 4.79 Å². The van der Waals surface area contributed by atoms with Crippen LogP contribution >= 0.6 is 0 Å². The Bertz CT molecular complexity index is 393. The van der Waals surface area contributed by atoms with Crippen LogP contribution in [0.15, 0.2) is 24.3 Å². The van der Waals surface area contributed by atoms with Crippen LogP contribution in [0.25, 0.3) is 0 Å². The number of nitrogens with zero attached hydrogens (tertiary/aromatic N) is 1. The summed E-state index contributed by atoms with van der Waals surface area (Å²) < 4.78 is 0. The summed E-state index contributed by atoms with van der Waals surface area (Å²) in [6.07, 6.45) is 3.01. The maximum Gasteiger partial charge on any atom is 0.307 e. The summed E-state index contributed by atoms with van der Waals surface area (Å²) in [5.74, 6) is -0.793. The lowest BCUT2D eigenvalue weighted by atomic mass is 10.0. The number of aliphatic hydroxyl groups is 1. The third-order valence-corrected chi connectivity index (χ3v) is 3.10. The lowest BCUT2D eigenvalue weighted by Crippen LogP contribution is -2.20. The molecule has 0 aliphatic carbocycles. The molecule has 0 aliphatic heterocycles. The summed E-state index contributed by atoms with van der Waals surface area (Å²) >= 11 is 0. The minimum absolute atomic E-state index is 0.0779. The first kappa shape index (κ1) is 15.7. The second-order valence-electron chi connectivity index (χ2n) is 4.86. The van der Waals surface area contributed by atoms with Gasteiger partial charge in [-0.3, -0.25) is 4.79 Å². The molecule has 4 nitrogen and oxygen atoms in total. The minimum Gasteiger partial charge on any atom is -0.481 e. The standard InChI is InChI=1S/C15H23NO3/c1-16(9-5-2-6-10-17)12-14-8-4-3-7-13(14)11-15(18)19/h3-4,7-8,17H,2,5-6,9-12H2,1H3,(H,18,19). The lowest BCUT2D eigenvalue weighted by molar-refractivity contribution is -0.136. The molecule has 1 aromatic carbocycles. The van der Waals surface area contributed by atoms with E-state index in [1.54, 1.807) is 0 Å². The van der Waals surface area contributed by atoms with E-state index in [1.165, 1.54) is 0 Å². The fourth-order valence-corrected chi connectivity index (χ4v) is 2.09. The average molecular weight is 265 g/mol. The molecular formula is C15H23NO3. The molecule has 0 radical (unpaired) electrons. The monoisotopic (exact) mass is 265 g/mol. The fraction of sp³-hybridized carbons (Fsp3) is 0.533. The molecule has 0 fully saturated rings. The molecule has 0 saturated heterocycles. The second-order valence-corrected chi connectivity index (χ2v) is 4.86. The lowest BCUT2D eigenvalue weighted by Gasteiger charge is -2.18. The highest BCUT2D eigenvalue weighted by molar-refractivity contribution is 5.70. The zero-order valence-corrected chi connectivity index (χ0v) is 11.5. The van der Waals surface area contributed by atoms with Gasteiger partial charge in [0.05, 0.1) is 6.42 Å². The molecule has 1 aromatic rings. The highest BCUT2D eigenvalue weighted by Gasteiger charge is 2.08. The number of carbonyl (C=O) groups is 1. The van der Waals surface area contributed by atoms with Crippen molar-refractivity contribution in [2.75, 3.05) is 20.2 Å². The SMILES string of the molecule is CN(CCCCCO)Cc1ccccc1CC(=O)O. The van der Waals surface area contributed by atoms with E-state index in [0.717, 1.165) is 43.5 Å². The Morgan fingerprint density at radius 3 is 2.47 bits per heavy atom. The van der Waals surface area contributed by atoms with Gasteiger partial charge in [0.15, 0.2) is 0 Å². The zero-order valence-electron chi connectivity index (χ0n) is 11.5. The van der Waals surface area contributed by atoms with Crippen LogP contribution in [0, 0.1) is 0 Å². The molecular weight excluding hydrogens is 242 g/mol. The van der Waals surface area contributed by atoms with Gasteiger partial charge in [-0.2, -0.15) is 0 Å². The number of carboxylic acids is 1. The molecule has 0 atom stereocenters. The summed E-state index contributed by atoms with van der Waals surface area (Å²) in [6.45, 7) is 1.98. The van der Waals surface area contributed by atoms with Gasteiger partial charge in [0, 0.05) is 13.2 Å². The first-order valence-electron chi connectivity index (χ1n) is 6.71. The molecule has 2 N–H and O–H groups in total. The molecule has 4 heteroatoms. The molecule has 19 heavy (non-hydrogen) atoms.